The lowest BCUT2D eigenvalue weighted by atomic mass is 9.97. The van der Waals surface area contributed by atoms with Crippen LogP contribution < -0.4 is 5.73 Å². The number of halogens is 1. The molecule has 2 N–H and O–H groups in total. The number of ether oxygens (including phenoxy) is 1. The summed E-state index contributed by atoms with van der Waals surface area (Å²) in [6.45, 7) is 2.39. The minimum Gasteiger partial charge on any atom is -0.383 e. The topological polar surface area (TPSA) is 81.6 Å². The molecule has 184 valence electrons. The maximum absolute atomic E-state index is 13.6. The first kappa shape index (κ1) is 23.0. The third-order valence-electron chi connectivity index (χ3n) is 6.71. The van der Waals surface area contributed by atoms with Crippen LogP contribution in [0.5, 0.6) is 0 Å². The minimum absolute atomic E-state index is 0.312. The van der Waals surface area contributed by atoms with Crippen LogP contribution in [0.25, 0.3) is 38.2 Å². The van der Waals surface area contributed by atoms with Gasteiger partial charge in [0.2, 0.25) is 0 Å². The van der Waals surface area contributed by atoms with Gasteiger partial charge in [0.1, 0.15) is 22.3 Å². The number of benzene rings is 1. The zero-order valence-electron chi connectivity index (χ0n) is 20.2. The lowest BCUT2D eigenvalue weighted by molar-refractivity contribution is 0.0857. The van der Waals surface area contributed by atoms with Gasteiger partial charge in [0.15, 0.2) is 0 Å². The van der Waals surface area contributed by atoms with Gasteiger partial charge in [-0.25, -0.2) is 19.3 Å². The summed E-state index contributed by atoms with van der Waals surface area (Å²) in [5, 5.41) is 2.83. The Bertz CT molecular complexity index is 1570. The first-order chi connectivity index (χ1) is 17.5. The van der Waals surface area contributed by atoms with Gasteiger partial charge in [-0.05, 0) is 50.4 Å². The second-order valence-electron chi connectivity index (χ2n) is 9.49. The van der Waals surface area contributed by atoms with Crippen molar-refractivity contribution < 1.29 is 9.13 Å². The second kappa shape index (κ2) is 9.24. The maximum Gasteiger partial charge on any atom is 0.140 e. The summed E-state index contributed by atoms with van der Waals surface area (Å²) in [7, 11) is 4.14. The van der Waals surface area contributed by atoms with Gasteiger partial charge in [-0.1, -0.05) is 12.1 Å². The highest BCUT2D eigenvalue weighted by Crippen LogP contribution is 2.41. The molecular formula is C27H27FN6OS. The number of anilines is 1. The van der Waals surface area contributed by atoms with Crippen LogP contribution >= 0.6 is 11.3 Å². The van der Waals surface area contributed by atoms with Crippen LogP contribution in [0.3, 0.4) is 0 Å². The zero-order chi connectivity index (χ0) is 24.8. The van der Waals surface area contributed by atoms with E-state index in [-0.39, 0.29) is 5.82 Å². The van der Waals surface area contributed by atoms with E-state index in [1.807, 2.05) is 22.7 Å². The molecule has 1 aromatic carbocycles. The van der Waals surface area contributed by atoms with Crippen molar-refractivity contribution in [2.24, 2.45) is 0 Å². The van der Waals surface area contributed by atoms with E-state index in [0.717, 1.165) is 70.9 Å². The summed E-state index contributed by atoms with van der Waals surface area (Å²) < 4.78 is 21.1. The molecule has 7 nitrogen and oxygen atoms in total. The van der Waals surface area contributed by atoms with Gasteiger partial charge in [-0.15, -0.1) is 11.3 Å². The van der Waals surface area contributed by atoms with Gasteiger partial charge in [0.25, 0.3) is 0 Å². The molecular weight excluding hydrogens is 475 g/mol. The van der Waals surface area contributed by atoms with Gasteiger partial charge < -0.3 is 15.4 Å². The fourth-order valence-electron chi connectivity index (χ4n) is 4.93. The number of rotatable bonds is 5. The van der Waals surface area contributed by atoms with E-state index in [1.54, 1.807) is 23.7 Å². The first-order valence-electron chi connectivity index (χ1n) is 12.0. The lowest BCUT2D eigenvalue weighted by Crippen LogP contribution is -2.17. The number of nitrogens with zero attached hydrogens (tertiary/aromatic N) is 5. The number of fused-ring (bicyclic) bond motifs is 2. The van der Waals surface area contributed by atoms with Crippen LogP contribution in [0.15, 0.2) is 48.9 Å². The monoisotopic (exact) mass is 502 g/mol. The maximum atomic E-state index is 13.6. The number of nitrogens with two attached hydrogens (primary N) is 1. The van der Waals surface area contributed by atoms with Crippen molar-refractivity contribution in [3.63, 3.8) is 0 Å². The Morgan fingerprint density at radius 3 is 2.75 bits per heavy atom. The molecule has 5 aromatic rings. The van der Waals surface area contributed by atoms with E-state index in [1.165, 1.54) is 17.0 Å². The van der Waals surface area contributed by atoms with Gasteiger partial charge >= 0.3 is 0 Å². The van der Waals surface area contributed by atoms with E-state index in [2.05, 4.69) is 35.0 Å². The largest absolute Gasteiger partial charge is 0.383 e. The number of pyridine rings is 2. The molecule has 1 saturated heterocycles. The van der Waals surface area contributed by atoms with E-state index in [9.17, 15) is 4.39 Å². The van der Waals surface area contributed by atoms with E-state index in [4.69, 9.17) is 15.5 Å². The predicted octanol–water partition coefficient (Wildman–Crippen LogP) is 5.35. The molecule has 1 aliphatic rings. The third kappa shape index (κ3) is 4.13. The Balaban J connectivity index is 1.46. The van der Waals surface area contributed by atoms with Gasteiger partial charge in [0, 0.05) is 59.6 Å². The van der Waals surface area contributed by atoms with Crippen LogP contribution in [0.2, 0.25) is 0 Å². The summed E-state index contributed by atoms with van der Waals surface area (Å²) >= 11 is 1.76. The van der Waals surface area contributed by atoms with Crippen molar-refractivity contribution in [3.8, 4) is 21.8 Å². The number of imidazole rings is 1. The fourth-order valence-corrected chi connectivity index (χ4v) is 6.20. The standard InChI is InChI=1S/C27H27FN6OS/c1-33(2)15-22-25(16-6-9-35-10-7-16)36-27(32-22)21-13-31-26(29)20-11-17(3-4-19(20)21)23-14-30-24-12-18(28)5-8-34(23)24/h3-5,8,11-14,16H,6-7,9-10,15H2,1-2H3,(H2,29,31). The first-order valence-corrected chi connectivity index (χ1v) is 12.8. The molecule has 0 saturated carbocycles. The van der Waals surface area contributed by atoms with Crippen molar-refractivity contribution in [2.75, 3.05) is 33.0 Å². The zero-order valence-corrected chi connectivity index (χ0v) is 21.1. The van der Waals surface area contributed by atoms with Crippen LogP contribution in [0, 0.1) is 5.82 Å². The molecule has 0 unspecified atom stereocenters. The molecule has 4 aromatic heterocycles. The van der Waals surface area contributed by atoms with Gasteiger partial charge in [-0.3, -0.25) is 4.40 Å². The molecule has 0 spiro atoms. The highest BCUT2D eigenvalue weighted by atomic mass is 32.1. The fraction of sp³-hybridized carbons (Fsp3) is 0.296. The SMILES string of the molecule is CN(C)Cc1nc(-c2cnc(N)c3cc(-c4cnc5cc(F)ccn45)ccc23)sc1C1CCOCC1. The smallest absolute Gasteiger partial charge is 0.140 e. The number of nitrogen functional groups attached to an aromatic ring is 1. The predicted molar refractivity (Wildman–Crippen MR) is 142 cm³/mol. The van der Waals surface area contributed by atoms with Crippen LogP contribution in [-0.2, 0) is 11.3 Å². The average Bonchev–Trinajstić information content (AvgIpc) is 3.48. The van der Waals surface area contributed by atoms with Crippen molar-refractivity contribution in [3.05, 3.63) is 65.3 Å². The molecule has 0 radical (unpaired) electrons. The highest BCUT2D eigenvalue weighted by Gasteiger charge is 2.24. The molecule has 0 bridgehead atoms. The minimum atomic E-state index is -0.312. The highest BCUT2D eigenvalue weighted by molar-refractivity contribution is 7.15. The summed E-state index contributed by atoms with van der Waals surface area (Å²) in [5.74, 6) is 0.623. The summed E-state index contributed by atoms with van der Waals surface area (Å²) in [5.41, 5.74) is 10.8. The summed E-state index contributed by atoms with van der Waals surface area (Å²) in [6, 6.07) is 9.00. The third-order valence-corrected chi connectivity index (χ3v) is 8.00. The van der Waals surface area contributed by atoms with E-state index < -0.39 is 0 Å². The van der Waals surface area contributed by atoms with Crippen LogP contribution in [0.4, 0.5) is 10.2 Å². The Labute approximate surface area is 212 Å². The summed E-state index contributed by atoms with van der Waals surface area (Å²) in [6.07, 6.45) is 7.32. The molecule has 0 aliphatic carbocycles. The Hall–Kier alpha value is -3.40. The Morgan fingerprint density at radius 1 is 1.11 bits per heavy atom. The number of aromatic nitrogens is 4. The average molecular weight is 503 g/mol. The van der Waals surface area contributed by atoms with Crippen molar-refractivity contribution in [2.45, 2.75) is 25.3 Å². The molecule has 1 fully saturated rings. The number of hydrogen-bond donors (Lipinski definition) is 1. The van der Waals surface area contributed by atoms with Crippen molar-refractivity contribution in [1.29, 1.82) is 0 Å². The number of thiazole rings is 1. The van der Waals surface area contributed by atoms with Crippen LogP contribution in [0.1, 0.15) is 29.3 Å². The molecule has 0 atom stereocenters. The molecule has 0 amide bonds. The molecule has 6 rings (SSSR count). The van der Waals surface area contributed by atoms with Gasteiger partial charge in [0.05, 0.1) is 17.6 Å². The molecule has 1 aliphatic heterocycles. The van der Waals surface area contributed by atoms with Gasteiger partial charge in [-0.2, -0.15) is 0 Å². The molecule has 9 heteroatoms. The normalized spacial score (nSPS) is 14.9. The van der Waals surface area contributed by atoms with Crippen molar-refractivity contribution in [1.82, 2.24) is 24.3 Å². The summed E-state index contributed by atoms with van der Waals surface area (Å²) in [4.78, 5) is 17.5. The van der Waals surface area contributed by atoms with E-state index >= 15 is 0 Å². The Kier molecular flexibility index (Phi) is 5.91. The Morgan fingerprint density at radius 2 is 1.94 bits per heavy atom. The van der Waals surface area contributed by atoms with Crippen molar-refractivity contribution >= 4 is 33.6 Å². The second-order valence-corrected chi connectivity index (χ2v) is 10.5. The number of hydrogen-bond acceptors (Lipinski definition) is 7. The molecule has 5 heterocycles. The quantitative estimate of drug-likeness (QED) is 0.349. The van der Waals surface area contributed by atoms with Crippen LogP contribution in [-0.4, -0.2) is 51.6 Å². The molecule has 36 heavy (non-hydrogen) atoms. The lowest BCUT2D eigenvalue weighted by Gasteiger charge is -2.22. The van der Waals surface area contributed by atoms with E-state index in [0.29, 0.717) is 17.4 Å².